The number of likely N-dealkylation sites (tertiary alicyclic amines) is 1. The van der Waals surface area contributed by atoms with Gasteiger partial charge in [-0.25, -0.2) is 0 Å². The molecule has 1 aromatic heterocycles. The molecule has 1 aliphatic heterocycles. The van der Waals surface area contributed by atoms with Gasteiger partial charge in [0.15, 0.2) is 0 Å². The van der Waals surface area contributed by atoms with Crippen molar-refractivity contribution >= 4 is 5.91 Å². The van der Waals surface area contributed by atoms with Crippen molar-refractivity contribution in [2.45, 2.75) is 13.0 Å². The predicted octanol–water partition coefficient (Wildman–Crippen LogP) is 1.62. The number of pyridine rings is 1. The molecule has 1 fully saturated rings. The maximum absolute atomic E-state index is 11.6. The molecule has 0 bridgehead atoms. The van der Waals surface area contributed by atoms with Crippen LogP contribution in [0.5, 0.6) is 0 Å². The SMILES string of the molecule is C=CC1CC(=O)N(Cc2cccnc2)C1. The van der Waals surface area contributed by atoms with Gasteiger partial charge < -0.3 is 4.90 Å². The Balaban J connectivity index is 2.01. The zero-order valence-corrected chi connectivity index (χ0v) is 8.60. The molecule has 78 valence electrons. The zero-order chi connectivity index (χ0) is 10.7. The molecule has 0 N–H and O–H groups in total. The van der Waals surface area contributed by atoms with Gasteiger partial charge >= 0.3 is 0 Å². The fraction of sp³-hybridized carbons (Fsp3) is 0.333. The first-order valence-corrected chi connectivity index (χ1v) is 5.09. The fourth-order valence-corrected chi connectivity index (χ4v) is 1.83. The van der Waals surface area contributed by atoms with Crippen LogP contribution in [0.3, 0.4) is 0 Å². The van der Waals surface area contributed by atoms with Gasteiger partial charge in [0.25, 0.3) is 0 Å². The molecular weight excluding hydrogens is 188 g/mol. The third-order valence-corrected chi connectivity index (χ3v) is 2.67. The van der Waals surface area contributed by atoms with Gasteiger partial charge in [-0.15, -0.1) is 6.58 Å². The van der Waals surface area contributed by atoms with Gasteiger partial charge in [-0.2, -0.15) is 0 Å². The van der Waals surface area contributed by atoms with E-state index in [1.807, 2.05) is 23.1 Å². The molecule has 0 aromatic carbocycles. The minimum absolute atomic E-state index is 0.212. The number of nitrogens with zero attached hydrogens (tertiary/aromatic N) is 2. The lowest BCUT2D eigenvalue weighted by Crippen LogP contribution is -2.24. The Bertz CT molecular complexity index is 361. The van der Waals surface area contributed by atoms with Crippen LogP contribution in [0.1, 0.15) is 12.0 Å². The van der Waals surface area contributed by atoms with Crippen LogP contribution in [-0.4, -0.2) is 22.3 Å². The summed E-state index contributed by atoms with van der Waals surface area (Å²) in [5.41, 5.74) is 1.08. The first kappa shape index (κ1) is 9.90. The summed E-state index contributed by atoms with van der Waals surface area (Å²) in [6.45, 7) is 5.18. The normalized spacial score (nSPS) is 20.7. The van der Waals surface area contributed by atoms with Crippen molar-refractivity contribution in [3.8, 4) is 0 Å². The monoisotopic (exact) mass is 202 g/mol. The van der Waals surface area contributed by atoms with Crippen LogP contribution in [0.25, 0.3) is 0 Å². The Morgan fingerprint density at radius 3 is 3.13 bits per heavy atom. The average molecular weight is 202 g/mol. The minimum Gasteiger partial charge on any atom is -0.338 e. The predicted molar refractivity (Wildman–Crippen MR) is 58.0 cm³/mol. The van der Waals surface area contributed by atoms with Crippen molar-refractivity contribution in [1.82, 2.24) is 9.88 Å². The quantitative estimate of drug-likeness (QED) is 0.698. The van der Waals surface area contributed by atoms with E-state index in [-0.39, 0.29) is 5.91 Å². The highest BCUT2D eigenvalue weighted by Gasteiger charge is 2.27. The summed E-state index contributed by atoms with van der Waals surface area (Å²) >= 11 is 0. The summed E-state index contributed by atoms with van der Waals surface area (Å²) in [5, 5.41) is 0. The number of rotatable bonds is 3. The highest BCUT2D eigenvalue weighted by Crippen LogP contribution is 2.20. The van der Waals surface area contributed by atoms with Crippen molar-refractivity contribution in [2.75, 3.05) is 6.54 Å². The summed E-state index contributed by atoms with van der Waals surface area (Å²) in [6, 6.07) is 3.88. The highest BCUT2D eigenvalue weighted by atomic mass is 16.2. The van der Waals surface area contributed by atoms with E-state index in [4.69, 9.17) is 0 Å². The zero-order valence-electron chi connectivity index (χ0n) is 8.60. The number of hydrogen-bond donors (Lipinski definition) is 0. The van der Waals surface area contributed by atoms with Gasteiger partial charge in [-0.3, -0.25) is 9.78 Å². The van der Waals surface area contributed by atoms with E-state index < -0.39 is 0 Å². The topological polar surface area (TPSA) is 33.2 Å². The standard InChI is InChI=1S/C12H14N2O/c1-2-10-6-12(15)14(8-10)9-11-4-3-5-13-7-11/h2-5,7,10H,1,6,8-9H2. The van der Waals surface area contributed by atoms with E-state index in [0.29, 0.717) is 18.9 Å². The van der Waals surface area contributed by atoms with Gasteiger partial charge in [-0.1, -0.05) is 12.1 Å². The Labute approximate surface area is 89.4 Å². The molecule has 1 saturated heterocycles. The number of carbonyl (C=O) groups is 1. The summed E-state index contributed by atoms with van der Waals surface area (Å²) in [6.07, 6.45) is 6.00. The molecule has 0 saturated carbocycles. The Morgan fingerprint density at radius 1 is 1.67 bits per heavy atom. The Kier molecular flexibility index (Phi) is 2.81. The lowest BCUT2D eigenvalue weighted by Gasteiger charge is -2.15. The van der Waals surface area contributed by atoms with E-state index in [1.165, 1.54) is 0 Å². The third-order valence-electron chi connectivity index (χ3n) is 2.67. The van der Waals surface area contributed by atoms with Crippen LogP contribution in [0.4, 0.5) is 0 Å². The molecule has 15 heavy (non-hydrogen) atoms. The van der Waals surface area contributed by atoms with E-state index in [0.717, 1.165) is 12.1 Å². The number of hydrogen-bond acceptors (Lipinski definition) is 2. The Morgan fingerprint density at radius 2 is 2.53 bits per heavy atom. The lowest BCUT2D eigenvalue weighted by molar-refractivity contribution is -0.128. The van der Waals surface area contributed by atoms with E-state index >= 15 is 0 Å². The number of carbonyl (C=O) groups excluding carboxylic acids is 1. The summed E-state index contributed by atoms with van der Waals surface area (Å²) in [5.74, 6) is 0.526. The lowest BCUT2D eigenvalue weighted by atomic mass is 10.1. The second-order valence-electron chi connectivity index (χ2n) is 3.84. The van der Waals surface area contributed by atoms with Crippen LogP contribution >= 0.6 is 0 Å². The maximum atomic E-state index is 11.6. The smallest absolute Gasteiger partial charge is 0.223 e. The largest absolute Gasteiger partial charge is 0.338 e. The first-order valence-electron chi connectivity index (χ1n) is 5.09. The van der Waals surface area contributed by atoms with Gasteiger partial charge in [-0.05, 0) is 11.6 Å². The van der Waals surface area contributed by atoms with Gasteiger partial charge in [0.1, 0.15) is 0 Å². The second kappa shape index (κ2) is 4.26. The van der Waals surface area contributed by atoms with Crippen molar-refractivity contribution in [3.05, 3.63) is 42.7 Å². The van der Waals surface area contributed by atoms with Crippen LogP contribution in [0.15, 0.2) is 37.2 Å². The third kappa shape index (κ3) is 2.24. The van der Waals surface area contributed by atoms with Crippen molar-refractivity contribution in [3.63, 3.8) is 0 Å². The van der Waals surface area contributed by atoms with Crippen LogP contribution in [0.2, 0.25) is 0 Å². The van der Waals surface area contributed by atoms with E-state index in [2.05, 4.69) is 11.6 Å². The molecule has 3 heteroatoms. The average Bonchev–Trinajstić information content (AvgIpc) is 2.61. The van der Waals surface area contributed by atoms with Crippen molar-refractivity contribution < 1.29 is 4.79 Å². The minimum atomic E-state index is 0.212. The summed E-state index contributed by atoms with van der Waals surface area (Å²) in [7, 11) is 0. The molecule has 2 heterocycles. The molecule has 0 aliphatic carbocycles. The number of aromatic nitrogens is 1. The van der Waals surface area contributed by atoms with Crippen LogP contribution in [0, 0.1) is 5.92 Å². The van der Waals surface area contributed by atoms with Crippen molar-refractivity contribution in [2.24, 2.45) is 5.92 Å². The second-order valence-corrected chi connectivity index (χ2v) is 3.84. The fourth-order valence-electron chi connectivity index (χ4n) is 1.83. The van der Waals surface area contributed by atoms with Gasteiger partial charge in [0.05, 0.1) is 0 Å². The van der Waals surface area contributed by atoms with Crippen LogP contribution in [-0.2, 0) is 11.3 Å². The molecule has 1 unspecified atom stereocenters. The molecule has 1 aromatic rings. The summed E-state index contributed by atoms with van der Waals surface area (Å²) < 4.78 is 0. The summed E-state index contributed by atoms with van der Waals surface area (Å²) in [4.78, 5) is 17.5. The molecular formula is C12H14N2O. The van der Waals surface area contributed by atoms with E-state index in [1.54, 1.807) is 12.4 Å². The Hall–Kier alpha value is -1.64. The van der Waals surface area contributed by atoms with Crippen LogP contribution < -0.4 is 0 Å². The molecule has 3 nitrogen and oxygen atoms in total. The van der Waals surface area contributed by atoms with Gasteiger partial charge in [0, 0.05) is 37.8 Å². The van der Waals surface area contributed by atoms with Gasteiger partial charge in [0.2, 0.25) is 5.91 Å². The molecule has 1 atom stereocenters. The molecule has 2 rings (SSSR count). The number of amides is 1. The molecule has 0 spiro atoms. The maximum Gasteiger partial charge on any atom is 0.223 e. The van der Waals surface area contributed by atoms with Crippen molar-refractivity contribution in [1.29, 1.82) is 0 Å². The molecule has 1 amide bonds. The molecule has 1 aliphatic rings. The molecule has 0 radical (unpaired) electrons. The van der Waals surface area contributed by atoms with E-state index in [9.17, 15) is 4.79 Å². The highest BCUT2D eigenvalue weighted by molar-refractivity contribution is 5.78. The first-order chi connectivity index (χ1) is 7.29.